The quantitative estimate of drug-likeness (QED) is 0.403. The summed E-state index contributed by atoms with van der Waals surface area (Å²) in [5.74, 6) is 1.77. The van der Waals surface area contributed by atoms with E-state index in [0.29, 0.717) is 0 Å². The fourth-order valence-electron chi connectivity index (χ4n) is 4.00. The van der Waals surface area contributed by atoms with Crippen molar-refractivity contribution in [2.45, 2.75) is 23.6 Å². The van der Waals surface area contributed by atoms with Crippen LogP contribution >= 0.6 is 27.7 Å². The molecule has 0 fully saturated rings. The van der Waals surface area contributed by atoms with Gasteiger partial charge in [0, 0.05) is 26.9 Å². The van der Waals surface area contributed by atoms with Gasteiger partial charge in [0.15, 0.2) is 0 Å². The first-order chi connectivity index (χ1) is 14.7. The van der Waals surface area contributed by atoms with Crippen LogP contribution in [0, 0.1) is 0 Å². The Labute approximate surface area is 189 Å². The fourth-order valence-corrected chi connectivity index (χ4v) is 4.79. The molecule has 30 heavy (non-hydrogen) atoms. The highest BCUT2D eigenvalue weighted by Gasteiger charge is 2.41. The summed E-state index contributed by atoms with van der Waals surface area (Å²) < 4.78 is 12.8. The van der Waals surface area contributed by atoms with Crippen molar-refractivity contribution in [3.05, 3.63) is 87.9 Å². The fraction of sp³-hybridized carbons (Fsp3) is 0.208. The molecule has 2 heterocycles. The Hall–Kier alpha value is -2.44. The van der Waals surface area contributed by atoms with E-state index in [0.717, 1.165) is 44.8 Å². The molecule has 0 spiro atoms. The van der Waals surface area contributed by atoms with Crippen molar-refractivity contribution >= 4 is 33.4 Å². The lowest BCUT2D eigenvalue weighted by molar-refractivity contribution is -0.0191. The lowest BCUT2D eigenvalue weighted by Gasteiger charge is -2.38. The number of fused-ring (bicyclic) bond motifs is 3. The van der Waals surface area contributed by atoms with Crippen molar-refractivity contribution in [3.8, 4) is 11.5 Å². The van der Waals surface area contributed by atoms with Gasteiger partial charge in [-0.3, -0.25) is 0 Å². The summed E-state index contributed by atoms with van der Waals surface area (Å²) in [7, 11) is 1.68. The number of halogens is 1. The van der Waals surface area contributed by atoms with Gasteiger partial charge in [-0.1, -0.05) is 28.1 Å². The maximum Gasteiger partial charge on any atom is 0.213 e. The molecular weight excluding hydrogens is 460 g/mol. The third-order valence-corrected chi connectivity index (χ3v) is 6.81. The number of hydrogen-bond donors (Lipinski definition) is 0. The molecule has 0 aliphatic carbocycles. The summed E-state index contributed by atoms with van der Waals surface area (Å²) in [5, 5.41) is 7.14. The molecule has 3 aromatic rings. The second-order valence-corrected chi connectivity index (χ2v) is 9.10. The van der Waals surface area contributed by atoms with Crippen LogP contribution < -0.4 is 9.47 Å². The molecule has 0 saturated heterocycles. The molecule has 2 aliphatic heterocycles. The number of hydrogen-bond acceptors (Lipinski definition) is 5. The van der Waals surface area contributed by atoms with Crippen LogP contribution in [0.1, 0.15) is 35.4 Å². The molecular formula is C24H21BrN2O2S. The zero-order valence-electron chi connectivity index (χ0n) is 16.7. The molecule has 2 aliphatic rings. The summed E-state index contributed by atoms with van der Waals surface area (Å²) in [6.45, 7) is 0. The number of methoxy groups -OCH3 is 1. The van der Waals surface area contributed by atoms with Gasteiger partial charge in [0.1, 0.15) is 11.5 Å². The number of hydrazone groups is 1. The Bertz CT molecular complexity index is 1100. The number of benzene rings is 3. The van der Waals surface area contributed by atoms with Gasteiger partial charge in [0.25, 0.3) is 0 Å². The first-order valence-electron chi connectivity index (χ1n) is 9.76. The minimum absolute atomic E-state index is 0.133. The van der Waals surface area contributed by atoms with Gasteiger partial charge in [-0.25, -0.2) is 5.01 Å². The molecule has 0 bridgehead atoms. The van der Waals surface area contributed by atoms with Crippen LogP contribution in [0.25, 0.3) is 0 Å². The second-order valence-electron chi connectivity index (χ2n) is 7.30. The van der Waals surface area contributed by atoms with Crippen molar-refractivity contribution in [2.75, 3.05) is 13.4 Å². The smallest absolute Gasteiger partial charge is 0.213 e. The Kier molecular flexibility index (Phi) is 5.21. The van der Waals surface area contributed by atoms with E-state index in [1.165, 1.54) is 4.90 Å². The van der Waals surface area contributed by atoms with Crippen molar-refractivity contribution in [2.24, 2.45) is 5.10 Å². The van der Waals surface area contributed by atoms with Crippen molar-refractivity contribution in [1.82, 2.24) is 5.01 Å². The minimum atomic E-state index is -0.254. The topological polar surface area (TPSA) is 34.1 Å². The van der Waals surface area contributed by atoms with Crippen LogP contribution in [0.15, 0.2) is 81.2 Å². The van der Waals surface area contributed by atoms with Crippen molar-refractivity contribution in [1.29, 1.82) is 0 Å². The molecule has 6 heteroatoms. The van der Waals surface area contributed by atoms with Crippen LogP contribution in [0.4, 0.5) is 0 Å². The number of nitrogens with zero attached hydrogens (tertiary/aromatic N) is 2. The first kappa shape index (κ1) is 19.5. The second kappa shape index (κ2) is 8.00. The van der Waals surface area contributed by atoms with Crippen LogP contribution in [-0.4, -0.2) is 24.1 Å². The maximum absolute atomic E-state index is 6.45. The van der Waals surface area contributed by atoms with E-state index >= 15 is 0 Å². The van der Waals surface area contributed by atoms with E-state index in [2.05, 4.69) is 69.7 Å². The normalized spacial score (nSPS) is 19.6. The SMILES string of the molecule is COc1ccc(C2=NN3[C@H](C2)c2cc(Br)ccc2O[C@@H]3c2ccc(SC)cc2)cc1. The highest BCUT2D eigenvalue weighted by molar-refractivity contribution is 9.10. The summed E-state index contributed by atoms with van der Waals surface area (Å²) in [6, 6.07) is 23.0. The molecule has 4 nitrogen and oxygen atoms in total. The summed E-state index contributed by atoms with van der Waals surface area (Å²) in [6.07, 6.45) is 2.66. The molecule has 0 aromatic heterocycles. The number of thioether (sulfide) groups is 1. The lowest BCUT2D eigenvalue weighted by atomic mass is 9.96. The van der Waals surface area contributed by atoms with E-state index in [1.54, 1.807) is 18.9 Å². The van der Waals surface area contributed by atoms with Crippen LogP contribution in [-0.2, 0) is 0 Å². The van der Waals surface area contributed by atoms with Gasteiger partial charge >= 0.3 is 0 Å². The molecule has 152 valence electrons. The molecule has 0 saturated carbocycles. The summed E-state index contributed by atoms with van der Waals surface area (Å²) in [4.78, 5) is 1.24. The van der Waals surface area contributed by atoms with Gasteiger partial charge < -0.3 is 9.47 Å². The zero-order chi connectivity index (χ0) is 20.7. The molecule has 0 amide bonds. The molecule has 0 unspecified atom stereocenters. The molecule has 3 aromatic carbocycles. The van der Waals surface area contributed by atoms with Gasteiger partial charge in [0.05, 0.1) is 18.9 Å². The van der Waals surface area contributed by atoms with E-state index < -0.39 is 0 Å². The van der Waals surface area contributed by atoms with Crippen LogP contribution in [0.2, 0.25) is 0 Å². The maximum atomic E-state index is 6.45. The first-order valence-corrected chi connectivity index (χ1v) is 11.8. The van der Waals surface area contributed by atoms with E-state index in [-0.39, 0.29) is 12.3 Å². The Morgan fingerprint density at radius 3 is 2.53 bits per heavy atom. The third-order valence-electron chi connectivity index (χ3n) is 5.58. The molecule has 0 N–H and O–H groups in total. The third kappa shape index (κ3) is 3.48. The molecule has 2 atom stereocenters. The minimum Gasteiger partial charge on any atom is -0.497 e. The predicted octanol–water partition coefficient (Wildman–Crippen LogP) is 6.42. The summed E-state index contributed by atoms with van der Waals surface area (Å²) in [5.41, 5.74) is 4.43. The molecule has 0 radical (unpaired) electrons. The van der Waals surface area contributed by atoms with Crippen molar-refractivity contribution in [3.63, 3.8) is 0 Å². The average molecular weight is 481 g/mol. The van der Waals surface area contributed by atoms with E-state index in [9.17, 15) is 0 Å². The predicted molar refractivity (Wildman–Crippen MR) is 124 cm³/mol. The van der Waals surface area contributed by atoms with E-state index in [4.69, 9.17) is 14.6 Å². The zero-order valence-corrected chi connectivity index (χ0v) is 19.1. The average Bonchev–Trinajstić information content (AvgIpc) is 3.24. The highest BCUT2D eigenvalue weighted by Crippen LogP contribution is 2.48. The standard InChI is InChI=1S/C24H21BrN2O2S/c1-28-18-8-3-15(4-9-18)21-14-22-20-13-17(25)7-12-23(20)29-24(27(22)26-21)16-5-10-19(30-2)11-6-16/h3-13,22,24H,14H2,1-2H3/t22-,24-/m1/s1. The van der Waals surface area contributed by atoms with Gasteiger partial charge in [-0.05, 0) is 66.4 Å². The monoisotopic (exact) mass is 480 g/mol. The van der Waals surface area contributed by atoms with Crippen LogP contribution in [0.3, 0.4) is 0 Å². The van der Waals surface area contributed by atoms with Gasteiger partial charge in [-0.15, -0.1) is 11.8 Å². The molecule has 5 rings (SSSR count). The number of rotatable bonds is 4. The summed E-state index contributed by atoms with van der Waals surface area (Å²) >= 11 is 5.35. The van der Waals surface area contributed by atoms with Crippen molar-refractivity contribution < 1.29 is 9.47 Å². The number of ether oxygens (including phenoxy) is 2. The Morgan fingerprint density at radius 2 is 1.83 bits per heavy atom. The van der Waals surface area contributed by atoms with Gasteiger partial charge in [0.2, 0.25) is 6.23 Å². The van der Waals surface area contributed by atoms with E-state index in [1.807, 2.05) is 24.3 Å². The van der Waals surface area contributed by atoms with Crippen LogP contribution in [0.5, 0.6) is 11.5 Å². The van der Waals surface area contributed by atoms with Gasteiger partial charge in [-0.2, -0.15) is 5.10 Å². The Morgan fingerprint density at radius 1 is 1.07 bits per heavy atom. The lowest BCUT2D eigenvalue weighted by Crippen LogP contribution is -2.33. The largest absolute Gasteiger partial charge is 0.497 e. The highest BCUT2D eigenvalue weighted by atomic mass is 79.9. The Balaban J connectivity index is 1.56.